The molecule has 1 heterocycles. The highest BCUT2D eigenvalue weighted by Crippen LogP contribution is 2.13. The molecule has 1 N–H and O–H groups in total. The molecule has 19 heavy (non-hydrogen) atoms. The molecular formula is C15H25N3O. The van der Waals surface area contributed by atoms with Crippen molar-refractivity contribution in [2.45, 2.75) is 40.2 Å². The summed E-state index contributed by atoms with van der Waals surface area (Å²) >= 11 is 0. The summed E-state index contributed by atoms with van der Waals surface area (Å²) in [5.74, 6) is 0.561. The van der Waals surface area contributed by atoms with E-state index in [1.165, 1.54) is 0 Å². The molecule has 0 bridgehead atoms. The lowest BCUT2D eigenvalue weighted by Gasteiger charge is -2.26. The van der Waals surface area contributed by atoms with Crippen LogP contribution in [0.25, 0.3) is 0 Å². The zero-order chi connectivity index (χ0) is 14.4. The Balaban J connectivity index is 2.70. The van der Waals surface area contributed by atoms with Gasteiger partial charge in [-0.2, -0.15) is 0 Å². The van der Waals surface area contributed by atoms with E-state index in [2.05, 4.69) is 31.1 Å². The zero-order valence-electron chi connectivity index (χ0n) is 12.6. The fraction of sp³-hybridized carbons (Fsp3) is 0.600. The molecule has 1 atom stereocenters. The Bertz CT molecular complexity index is 400. The van der Waals surface area contributed by atoms with Crippen LogP contribution >= 0.6 is 0 Å². The third-order valence-electron chi connectivity index (χ3n) is 3.16. The summed E-state index contributed by atoms with van der Waals surface area (Å²) in [6, 6.07) is 3.90. The van der Waals surface area contributed by atoms with Crippen LogP contribution in [0.3, 0.4) is 0 Å². The van der Waals surface area contributed by atoms with Crippen LogP contribution in [0, 0.1) is 5.92 Å². The predicted molar refractivity (Wildman–Crippen MR) is 79.4 cm³/mol. The molecule has 106 valence electrons. The lowest BCUT2D eigenvalue weighted by atomic mass is 10.0. The number of amides is 1. The van der Waals surface area contributed by atoms with Crippen LogP contribution in [-0.4, -0.2) is 35.4 Å². The molecule has 0 saturated carbocycles. The largest absolute Gasteiger partial charge is 0.384 e. The highest BCUT2D eigenvalue weighted by molar-refractivity contribution is 5.92. The molecule has 0 saturated heterocycles. The fourth-order valence-corrected chi connectivity index (χ4v) is 2.05. The predicted octanol–water partition coefficient (Wildman–Crippen LogP) is 3.02. The van der Waals surface area contributed by atoms with Crippen molar-refractivity contribution in [1.82, 2.24) is 9.88 Å². The van der Waals surface area contributed by atoms with Crippen LogP contribution in [0.15, 0.2) is 18.3 Å². The van der Waals surface area contributed by atoms with Gasteiger partial charge in [0, 0.05) is 19.6 Å². The summed E-state index contributed by atoms with van der Waals surface area (Å²) < 4.78 is 0. The molecule has 1 aromatic rings. The van der Waals surface area contributed by atoms with Gasteiger partial charge in [-0.25, -0.2) is 4.98 Å². The molecule has 0 aliphatic heterocycles. The SMILES string of the molecule is CCNc1ccc(C(=O)N(C)C(C)CC(C)C)nc1. The highest BCUT2D eigenvalue weighted by atomic mass is 16.2. The van der Waals surface area contributed by atoms with Gasteiger partial charge in [0.25, 0.3) is 5.91 Å². The molecule has 0 aromatic carbocycles. The van der Waals surface area contributed by atoms with Crippen molar-refractivity contribution in [3.8, 4) is 0 Å². The topological polar surface area (TPSA) is 45.2 Å². The van der Waals surface area contributed by atoms with E-state index in [0.29, 0.717) is 11.6 Å². The molecule has 4 heteroatoms. The molecule has 0 aliphatic rings. The summed E-state index contributed by atoms with van der Waals surface area (Å²) in [4.78, 5) is 18.3. The smallest absolute Gasteiger partial charge is 0.272 e. The van der Waals surface area contributed by atoms with E-state index in [-0.39, 0.29) is 11.9 Å². The standard InChI is InChI=1S/C15H25N3O/c1-6-16-13-7-8-14(17-10-13)15(19)18(5)12(4)9-11(2)3/h7-8,10-12,16H,6,9H2,1-5H3. The Morgan fingerprint density at radius 1 is 1.37 bits per heavy atom. The minimum absolute atomic E-state index is 0.0174. The van der Waals surface area contributed by atoms with Crippen LogP contribution < -0.4 is 5.32 Å². The quantitative estimate of drug-likeness (QED) is 0.858. The minimum Gasteiger partial charge on any atom is -0.384 e. The van der Waals surface area contributed by atoms with Crippen LogP contribution in [0.5, 0.6) is 0 Å². The number of nitrogens with one attached hydrogen (secondary N) is 1. The molecular weight excluding hydrogens is 238 g/mol. The maximum absolute atomic E-state index is 12.3. The number of pyridine rings is 1. The molecule has 1 amide bonds. The van der Waals surface area contributed by atoms with Crippen molar-refractivity contribution in [1.29, 1.82) is 0 Å². The first kappa shape index (κ1) is 15.5. The average Bonchev–Trinajstić information content (AvgIpc) is 2.37. The first-order valence-electron chi connectivity index (χ1n) is 6.92. The van der Waals surface area contributed by atoms with E-state index in [1.54, 1.807) is 17.2 Å². The van der Waals surface area contributed by atoms with Crippen molar-refractivity contribution >= 4 is 11.6 Å². The van der Waals surface area contributed by atoms with E-state index in [9.17, 15) is 4.79 Å². The van der Waals surface area contributed by atoms with Gasteiger partial charge in [-0.3, -0.25) is 4.79 Å². The van der Waals surface area contributed by atoms with Gasteiger partial charge >= 0.3 is 0 Å². The summed E-state index contributed by atoms with van der Waals surface area (Å²) in [5.41, 5.74) is 1.44. The van der Waals surface area contributed by atoms with Crippen molar-refractivity contribution in [2.24, 2.45) is 5.92 Å². The Morgan fingerprint density at radius 2 is 2.05 bits per heavy atom. The van der Waals surface area contributed by atoms with E-state index >= 15 is 0 Å². The number of rotatable bonds is 6. The van der Waals surface area contributed by atoms with Gasteiger partial charge in [-0.05, 0) is 38.3 Å². The number of hydrogen-bond acceptors (Lipinski definition) is 3. The second-order valence-corrected chi connectivity index (χ2v) is 5.36. The van der Waals surface area contributed by atoms with E-state index in [0.717, 1.165) is 18.7 Å². The van der Waals surface area contributed by atoms with Crippen LogP contribution in [0.2, 0.25) is 0 Å². The van der Waals surface area contributed by atoms with Crippen LogP contribution in [0.4, 0.5) is 5.69 Å². The fourth-order valence-electron chi connectivity index (χ4n) is 2.05. The summed E-state index contributed by atoms with van der Waals surface area (Å²) in [6.07, 6.45) is 2.70. The lowest BCUT2D eigenvalue weighted by Crippen LogP contribution is -2.36. The molecule has 0 fully saturated rings. The third kappa shape index (κ3) is 4.54. The second kappa shape index (κ2) is 7.12. The Labute approximate surface area is 116 Å². The highest BCUT2D eigenvalue weighted by Gasteiger charge is 2.19. The van der Waals surface area contributed by atoms with Crippen molar-refractivity contribution in [3.05, 3.63) is 24.0 Å². The number of hydrogen-bond donors (Lipinski definition) is 1. The van der Waals surface area contributed by atoms with Gasteiger partial charge in [0.2, 0.25) is 0 Å². The van der Waals surface area contributed by atoms with E-state index in [1.807, 2.05) is 20.0 Å². The first-order chi connectivity index (χ1) is 8.95. The van der Waals surface area contributed by atoms with E-state index < -0.39 is 0 Å². The Hall–Kier alpha value is -1.58. The summed E-state index contributed by atoms with van der Waals surface area (Å²) in [5, 5.41) is 3.16. The monoisotopic (exact) mass is 263 g/mol. The summed E-state index contributed by atoms with van der Waals surface area (Å²) in [7, 11) is 1.84. The molecule has 0 spiro atoms. The second-order valence-electron chi connectivity index (χ2n) is 5.36. The first-order valence-corrected chi connectivity index (χ1v) is 6.92. The van der Waals surface area contributed by atoms with E-state index in [4.69, 9.17) is 0 Å². The zero-order valence-corrected chi connectivity index (χ0v) is 12.6. The molecule has 0 radical (unpaired) electrons. The number of anilines is 1. The van der Waals surface area contributed by atoms with Crippen LogP contribution in [-0.2, 0) is 0 Å². The minimum atomic E-state index is -0.0174. The lowest BCUT2D eigenvalue weighted by molar-refractivity contribution is 0.0722. The van der Waals surface area contributed by atoms with Gasteiger partial charge in [0.15, 0.2) is 0 Å². The third-order valence-corrected chi connectivity index (χ3v) is 3.16. The van der Waals surface area contributed by atoms with Gasteiger partial charge < -0.3 is 10.2 Å². The molecule has 4 nitrogen and oxygen atoms in total. The normalized spacial score (nSPS) is 12.3. The number of carbonyl (C=O) groups excluding carboxylic acids is 1. The van der Waals surface area contributed by atoms with Gasteiger partial charge in [0.05, 0.1) is 11.9 Å². The molecule has 0 aliphatic carbocycles. The maximum Gasteiger partial charge on any atom is 0.272 e. The van der Waals surface area contributed by atoms with Crippen molar-refractivity contribution < 1.29 is 4.79 Å². The number of carbonyl (C=O) groups is 1. The van der Waals surface area contributed by atoms with Crippen molar-refractivity contribution in [3.63, 3.8) is 0 Å². The Morgan fingerprint density at radius 3 is 2.53 bits per heavy atom. The van der Waals surface area contributed by atoms with Gasteiger partial charge in [-0.1, -0.05) is 13.8 Å². The van der Waals surface area contributed by atoms with Gasteiger partial charge in [0.1, 0.15) is 5.69 Å². The number of nitrogens with zero attached hydrogens (tertiary/aromatic N) is 2. The van der Waals surface area contributed by atoms with Crippen molar-refractivity contribution in [2.75, 3.05) is 18.9 Å². The Kier molecular flexibility index (Phi) is 5.80. The molecule has 1 rings (SSSR count). The maximum atomic E-state index is 12.3. The van der Waals surface area contributed by atoms with Gasteiger partial charge in [-0.15, -0.1) is 0 Å². The average molecular weight is 263 g/mol. The number of aromatic nitrogens is 1. The molecule has 1 aromatic heterocycles. The summed E-state index contributed by atoms with van der Waals surface area (Å²) in [6.45, 7) is 9.28. The van der Waals surface area contributed by atoms with Crippen LogP contribution in [0.1, 0.15) is 44.6 Å². The molecule has 1 unspecified atom stereocenters.